The third-order valence-corrected chi connectivity index (χ3v) is 3.14. The van der Waals surface area contributed by atoms with Gasteiger partial charge in [-0.15, -0.1) is 0 Å². The number of hydrogen-bond donors (Lipinski definition) is 2. The number of nitrogens with one attached hydrogen (secondary N) is 2. The predicted octanol–water partition coefficient (Wildman–Crippen LogP) is 0.810. The summed E-state index contributed by atoms with van der Waals surface area (Å²) in [6.07, 6.45) is 0. The van der Waals surface area contributed by atoms with Crippen molar-refractivity contribution in [2.24, 2.45) is 0 Å². The van der Waals surface area contributed by atoms with E-state index in [2.05, 4.69) is 15.8 Å². The molecule has 0 radical (unpaired) electrons. The Morgan fingerprint density at radius 1 is 1.21 bits per heavy atom. The molecule has 0 atom stereocenters. The van der Waals surface area contributed by atoms with Crippen LogP contribution in [0.2, 0.25) is 0 Å². The van der Waals surface area contributed by atoms with Crippen LogP contribution in [0.25, 0.3) is 0 Å². The summed E-state index contributed by atoms with van der Waals surface area (Å²) in [6.45, 7) is 1.35. The molecule has 0 unspecified atom stereocenters. The first-order chi connectivity index (χ1) is 11.5. The van der Waals surface area contributed by atoms with E-state index < -0.39 is 5.91 Å². The smallest absolute Gasteiger partial charge is 0.251 e. The van der Waals surface area contributed by atoms with Gasteiger partial charge in [-0.2, -0.15) is 0 Å². The lowest BCUT2D eigenvalue weighted by Crippen LogP contribution is -2.41. The molecule has 0 spiro atoms. The number of aromatic nitrogens is 1. The highest BCUT2D eigenvalue weighted by atomic mass is 16.5. The quantitative estimate of drug-likeness (QED) is 0.815. The first-order valence-corrected chi connectivity index (χ1v) is 7.26. The van der Waals surface area contributed by atoms with Crippen LogP contribution in [-0.4, -0.2) is 47.9 Å². The molecule has 8 nitrogen and oxygen atoms in total. The Morgan fingerprint density at radius 3 is 2.54 bits per heavy atom. The van der Waals surface area contributed by atoms with Gasteiger partial charge in [0.15, 0.2) is 5.82 Å². The third kappa shape index (κ3) is 4.94. The van der Waals surface area contributed by atoms with E-state index in [0.29, 0.717) is 11.3 Å². The highest BCUT2D eigenvalue weighted by Crippen LogP contribution is 2.06. The van der Waals surface area contributed by atoms with E-state index in [1.165, 1.54) is 11.9 Å². The number of aryl methyl sites for hydroxylation is 1. The molecule has 126 valence electrons. The fourth-order valence-corrected chi connectivity index (χ4v) is 1.89. The van der Waals surface area contributed by atoms with Gasteiger partial charge < -0.3 is 20.1 Å². The van der Waals surface area contributed by atoms with Gasteiger partial charge in [0, 0.05) is 18.7 Å². The van der Waals surface area contributed by atoms with E-state index in [0.717, 1.165) is 0 Å². The van der Waals surface area contributed by atoms with Crippen LogP contribution in [-0.2, 0) is 9.59 Å². The van der Waals surface area contributed by atoms with E-state index >= 15 is 0 Å². The zero-order valence-corrected chi connectivity index (χ0v) is 13.4. The maximum absolute atomic E-state index is 12.0. The van der Waals surface area contributed by atoms with Crippen molar-refractivity contribution in [3.05, 3.63) is 47.7 Å². The number of hydrogen-bond acceptors (Lipinski definition) is 5. The molecule has 0 aliphatic carbocycles. The van der Waals surface area contributed by atoms with E-state index in [4.69, 9.17) is 4.52 Å². The van der Waals surface area contributed by atoms with Crippen LogP contribution in [0.15, 0.2) is 40.9 Å². The van der Waals surface area contributed by atoms with Gasteiger partial charge in [-0.3, -0.25) is 14.4 Å². The number of anilines is 1. The molecule has 0 aliphatic rings. The summed E-state index contributed by atoms with van der Waals surface area (Å²) in [6, 6.07) is 10.1. The lowest BCUT2D eigenvalue weighted by atomic mass is 10.2. The van der Waals surface area contributed by atoms with Gasteiger partial charge >= 0.3 is 0 Å². The van der Waals surface area contributed by atoms with Gasteiger partial charge in [-0.1, -0.05) is 23.4 Å². The van der Waals surface area contributed by atoms with Gasteiger partial charge in [-0.05, 0) is 19.1 Å². The Morgan fingerprint density at radius 2 is 1.92 bits per heavy atom. The highest BCUT2D eigenvalue weighted by molar-refractivity contribution is 5.97. The molecule has 2 N–H and O–H groups in total. The monoisotopic (exact) mass is 330 g/mol. The maximum Gasteiger partial charge on any atom is 0.251 e. The maximum atomic E-state index is 12.0. The average Bonchev–Trinajstić information content (AvgIpc) is 2.97. The zero-order chi connectivity index (χ0) is 17.5. The van der Waals surface area contributed by atoms with Crippen molar-refractivity contribution >= 4 is 23.5 Å². The van der Waals surface area contributed by atoms with Gasteiger partial charge in [0.2, 0.25) is 11.8 Å². The lowest BCUT2D eigenvalue weighted by Gasteiger charge is -2.16. The van der Waals surface area contributed by atoms with E-state index in [1.807, 2.05) is 0 Å². The molecule has 0 bridgehead atoms. The number of likely N-dealkylation sites (N-methyl/N-ethyl adjacent to an activating group) is 1. The van der Waals surface area contributed by atoms with Crippen molar-refractivity contribution in [2.75, 3.05) is 25.5 Å². The number of benzene rings is 1. The number of carbonyl (C=O) groups is 3. The Kier molecular flexibility index (Phi) is 5.67. The van der Waals surface area contributed by atoms with Gasteiger partial charge in [0.25, 0.3) is 5.91 Å². The minimum atomic E-state index is -0.409. The SMILES string of the molecule is Cc1cc(NC(=O)CN(C)C(=O)CNC(=O)c2ccccc2)no1. The second-order valence-electron chi connectivity index (χ2n) is 5.17. The Balaban J connectivity index is 1.77. The first kappa shape index (κ1) is 17.2. The van der Waals surface area contributed by atoms with Crippen molar-refractivity contribution in [3.8, 4) is 0 Å². The Labute approximate surface area is 138 Å². The lowest BCUT2D eigenvalue weighted by molar-refractivity contribution is -0.132. The molecule has 3 amide bonds. The summed E-state index contributed by atoms with van der Waals surface area (Å²) < 4.78 is 4.83. The zero-order valence-electron chi connectivity index (χ0n) is 13.4. The van der Waals surface area contributed by atoms with Gasteiger partial charge in [-0.25, -0.2) is 0 Å². The molecular weight excluding hydrogens is 312 g/mol. The van der Waals surface area contributed by atoms with Gasteiger partial charge in [0.05, 0.1) is 13.1 Å². The van der Waals surface area contributed by atoms with Crippen molar-refractivity contribution in [3.63, 3.8) is 0 Å². The fraction of sp³-hybridized carbons (Fsp3) is 0.250. The van der Waals surface area contributed by atoms with Crippen LogP contribution in [0.1, 0.15) is 16.1 Å². The summed E-state index contributed by atoms with van der Waals surface area (Å²) in [5.74, 6) is -0.284. The topological polar surface area (TPSA) is 105 Å². The molecule has 2 aromatic rings. The molecular formula is C16H18N4O4. The summed E-state index contributed by atoms with van der Waals surface area (Å²) in [7, 11) is 1.48. The van der Waals surface area contributed by atoms with Crippen LogP contribution >= 0.6 is 0 Å². The van der Waals surface area contributed by atoms with Crippen molar-refractivity contribution in [2.45, 2.75) is 6.92 Å². The molecule has 8 heteroatoms. The van der Waals surface area contributed by atoms with Crippen LogP contribution in [0.4, 0.5) is 5.82 Å². The average molecular weight is 330 g/mol. The summed E-state index contributed by atoms with van der Waals surface area (Å²) in [5.41, 5.74) is 0.465. The predicted molar refractivity (Wildman–Crippen MR) is 86.3 cm³/mol. The molecule has 0 fully saturated rings. The molecule has 0 saturated heterocycles. The highest BCUT2D eigenvalue weighted by Gasteiger charge is 2.15. The van der Waals surface area contributed by atoms with Crippen molar-refractivity contribution in [1.29, 1.82) is 0 Å². The number of nitrogens with zero attached hydrogens (tertiary/aromatic N) is 2. The minimum absolute atomic E-state index is 0.161. The Hall–Kier alpha value is -3.16. The second kappa shape index (κ2) is 7.91. The number of carbonyl (C=O) groups excluding carboxylic acids is 3. The number of amides is 3. The standard InChI is InChI=1S/C16H18N4O4/c1-11-8-13(19-24-11)18-14(21)10-20(2)15(22)9-17-16(23)12-6-4-3-5-7-12/h3-8H,9-10H2,1-2H3,(H,17,23)(H,18,19,21). The van der Waals surface area contributed by atoms with Gasteiger partial charge in [0.1, 0.15) is 5.76 Å². The third-order valence-electron chi connectivity index (χ3n) is 3.14. The van der Waals surface area contributed by atoms with Crippen LogP contribution < -0.4 is 10.6 Å². The van der Waals surface area contributed by atoms with E-state index in [9.17, 15) is 14.4 Å². The second-order valence-corrected chi connectivity index (χ2v) is 5.17. The van der Waals surface area contributed by atoms with E-state index in [1.54, 1.807) is 43.3 Å². The molecule has 1 heterocycles. The van der Waals surface area contributed by atoms with E-state index in [-0.39, 0.29) is 30.7 Å². The van der Waals surface area contributed by atoms with Crippen LogP contribution in [0, 0.1) is 6.92 Å². The molecule has 0 aliphatic heterocycles. The van der Waals surface area contributed by atoms with Crippen molar-refractivity contribution in [1.82, 2.24) is 15.4 Å². The Bertz CT molecular complexity index is 727. The normalized spacial score (nSPS) is 10.1. The molecule has 0 saturated carbocycles. The molecule has 1 aromatic carbocycles. The first-order valence-electron chi connectivity index (χ1n) is 7.26. The summed E-state index contributed by atoms with van der Waals surface area (Å²) in [5, 5.41) is 8.66. The fourth-order valence-electron chi connectivity index (χ4n) is 1.89. The van der Waals surface area contributed by atoms with Crippen molar-refractivity contribution < 1.29 is 18.9 Å². The van der Waals surface area contributed by atoms with Crippen LogP contribution in [0.5, 0.6) is 0 Å². The molecule has 2 rings (SSSR count). The molecule has 24 heavy (non-hydrogen) atoms. The van der Waals surface area contributed by atoms with Crippen LogP contribution in [0.3, 0.4) is 0 Å². The summed E-state index contributed by atoms with van der Waals surface area (Å²) in [4.78, 5) is 36.9. The molecule has 1 aromatic heterocycles. The largest absolute Gasteiger partial charge is 0.360 e. The summed E-state index contributed by atoms with van der Waals surface area (Å²) >= 11 is 0. The number of rotatable bonds is 6. The minimum Gasteiger partial charge on any atom is -0.360 e.